The first kappa shape index (κ1) is 20.2. The molecule has 2 rings (SSSR count). The number of Topliss-reactive ketones (excluding diaryl/α,β-unsaturated/α-hetero) is 1. The van der Waals surface area contributed by atoms with Crippen LogP contribution in [-0.2, 0) is 10.2 Å². The third-order valence-electron chi connectivity index (χ3n) is 4.28. The van der Waals surface area contributed by atoms with Gasteiger partial charge in [0, 0.05) is 32.6 Å². The highest BCUT2D eigenvalue weighted by Crippen LogP contribution is 2.29. The zero-order chi connectivity index (χ0) is 18.3. The van der Waals surface area contributed by atoms with Crippen molar-refractivity contribution in [2.45, 2.75) is 59.3 Å². The first-order valence-electron chi connectivity index (χ1n) is 8.89. The summed E-state index contributed by atoms with van der Waals surface area (Å²) in [4.78, 5) is 12.3. The van der Waals surface area contributed by atoms with Gasteiger partial charge in [-0.2, -0.15) is 0 Å². The number of benzene rings is 1. The summed E-state index contributed by atoms with van der Waals surface area (Å²) in [5.74, 6) is 0.343. The number of allylic oxidation sites excluding steroid dienone is 3. The topological polar surface area (TPSA) is 20.3 Å². The summed E-state index contributed by atoms with van der Waals surface area (Å²) >= 11 is 0. The minimum atomic E-state index is 0.232. The van der Waals surface area contributed by atoms with Gasteiger partial charge in [-0.25, -0.2) is 0 Å². The van der Waals surface area contributed by atoms with E-state index in [1.54, 1.807) is 0 Å². The fraction of sp³-hybridized carbons (Fsp3) is 0.500. The summed E-state index contributed by atoms with van der Waals surface area (Å²) < 4.78 is 0. The Bertz CT molecular complexity index is 592. The second kappa shape index (κ2) is 8.86. The monoisotopic (exact) mass is 327 g/mol. The van der Waals surface area contributed by atoms with E-state index in [1.807, 2.05) is 13.8 Å². The van der Waals surface area contributed by atoms with Crippen LogP contribution in [-0.4, -0.2) is 24.8 Å². The second-order valence-corrected chi connectivity index (χ2v) is 7.47. The predicted octanol–water partition coefficient (Wildman–Crippen LogP) is 5.59. The molecule has 24 heavy (non-hydrogen) atoms. The summed E-state index contributed by atoms with van der Waals surface area (Å²) in [7, 11) is 4.18. The van der Waals surface area contributed by atoms with Crippen molar-refractivity contribution in [2.75, 3.05) is 14.1 Å². The molecule has 1 aromatic carbocycles. The quantitative estimate of drug-likeness (QED) is 0.718. The van der Waals surface area contributed by atoms with Gasteiger partial charge in [0.15, 0.2) is 0 Å². The lowest BCUT2D eigenvalue weighted by atomic mass is 9.86. The SMILES string of the molecule is CCC(=O)CC.CN(C)C1=CCC(c2ccc(C(C)(C)C)cc2)=C1. The molecule has 0 amide bonds. The average molecular weight is 328 g/mol. The summed E-state index contributed by atoms with van der Waals surface area (Å²) in [5.41, 5.74) is 5.70. The van der Waals surface area contributed by atoms with E-state index in [4.69, 9.17) is 0 Å². The van der Waals surface area contributed by atoms with E-state index in [9.17, 15) is 4.79 Å². The van der Waals surface area contributed by atoms with Gasteiger partial charge in [0.1, 0.15) is 5.78 Å². The van der Waals surface area contributed by atoms with Gasteiger partial charge >= 0.3 is 0 Å². The molecule has 2 heteroatoms. The third kappa shape index (κ3) is 5.99. The third-order valence-corrected chi connectivity index (χ3v) is 4.28. The van der Waals surface area contributed by atoms with E-state index in [0.717, 1.165) is 6.42 Å². The Morgan fingerprint density at radius 2 is 1.58 bits per heavy atom. The van der Waals surface area contributed by atoms with Crippen LogP contribution in [0.5, 0.6) is 0 Å². The van der Waals surface area contributed by atoms with E-state index < -0.39 is 0 Å². The highest BCUT2D eigenvalue weighted by atomic mass is 16.1. The zero-order valence-electron chi connectivity index (χ0n) is 16.4. The number of carbonyl (C=O) groups is 1. The van der Waals surface area contributed by atoms with E-state index >= 15 is 0 Å². The predicted molar refractivity (Wildman–Crippen MR) is 105 cm³/mol. The molecule has 132 valence electrons. The molecule has 0 spiro atoms. The largest absolute Gasteiger partial charge is 0.378 e. The highest BCUT2D eigenvalue weighted by molar-refractivity contribution is 5.77. The molecule has 0 aliphatic heterocycles. The van der Waals surface area contributed by atoms with E-state index in [1.165, 1.54) is 22.4 Å². The first-order valence-corrected chi connectivity index (χ1v) is 8.89. The highest BCUT2D eigenvalue weighted by Gasteiger charge is 2.14. The Balaban J connectivity index is 0.000000413. The van der Waals surface area contributed by atoms with Crippen LogP contribution in [0.1, 0.15) is 65.0 Å². The lowest BCUT2D eigenvalue weighted by molar-refractivity contribution is -0.118. The van der Waals surface area contributed by atoms with Gasteiger partial charge in [-0.3, -0.25) is 4.79 Å². The van der Waals surface area contributed by atoms with Crippen LogP contribution < -0.4 is 0 Å². The summed E-state index contributed by atoms with van der Waals surface area (Å²) in [6.45, 7) is 10.5. The number of nitrogens with zero attached hydrogens (tertiary/aromatic N) is 1. The maximum absolute atomic E-state index is 10.2. The molecule has 0 saturated carbocycles. The van der Waals surface area contributed by atoms with Crippen LogP contribution in [0.15, 0.2) is 42.1 Å². The van der Waals surface area contributed by atoms with Crippen LogP contribution in [0.25, 0.3) is 5.57 Å². The standard InChI is InChI=1S/C17H23N.C5H10O/c1-17(2,3)15-9-6-13(7-10-15)14-8-11-16(12-14)18(4)5;1-3-5(6)4-2/h6-7,9-12H,8H2,1-5H3;3-4H2,1-2H3. The van der Waals surface area contributed by atoms with Crippen LogP contribution in [0.3, 0.4) is 0 Å². The molecule has 1 aliphatic carbocycles. The molecule has 0 aromatic heterocycles. The molecule has 0 unspecified atom stereocenters. The Kier molecular flexibility index (Phi) is 7.47. The van der Waals surface area contributed by atoms with Crippen molar-refractivity contribution in [3.8, 4) is 0 Å². The van der Waals surface area contributed by atoms with Crippen molar-refractivity contribution < 1.29 is 4.79 Å². The fourth-order valence-corrected chi connectivity index (χ4v) is 2.46. The van der Waals surface area contributed by atoms with Crippen molar-refractivity contribution in [1.29, 1.82) is 0 Å². The minimum absolute atomic E-state index is 0.232. The second-order valence-electron chi connectivity index (χ2n) is 7.47. The Labute approximate surface area is 148 Å². The average Bonchev–Trinajstić information content (AvgIpc) is 3.04. The molecule has 0 radical (unpaired) electrons. The molecule has 1 aliphatic rings. The Morgan fingerprint density at radius 3 is 1.92 bits per heavy atom. The van der Waals surface area contributed by atoms with E-state index in [0.29, 0.717) is 18.6 Å². The number of rotatable bonds is 4. The lowest BCUT2D eigenvalue weighted by Gasteiger charge is -2.19. The fourth-order valence-electron chi connectivity index (χ4n) is 2.46. The van der Waals surface area contributed by atoms with Crippen LogP contribution in [0, 0.1) is 0 Å². The van der Waals surface area contributed by atoms with Gasteiger partial charge in [0.25, 0.3) is 0 Å². The molecule has 0 atom stereocenters. The van der Waals surface area contributed by atoms with Crippen LogP contribution in [0.2, 0.25) is 0 Å². The van der Waals surface area contributed by atoms with Crippen molar-refractivity contribution in [3.05, 3.63) is 53.2 Å². The lowest BCUT2D eigenvalue weighted by Crippen LogP contribution is -2.10. The van der Waals surface area contributed by atoms with Crippen LogP contribution in [0.4, 0.5) is 0 Å². The molecule has 0 saturated heterocycles. The van der Waals surface area contributed by atoms with Gasteiger partial charge in [0.05, 0.1) is 0 Å². The van der Waals surface area contributed by atoms with E-state index in [2.05, 4.69) is 76.2 Å². The number of hydrogen-bond donors (Lipinski definition) is 0. The maximum Gasteiger partial charge on any atom is 0.132 e. The maximum atomic E-state index is 10.2. The summed E-state index contributed by atoms with van der Waals surface area (Å²) in [6.07, 6.45) is 6.99. The molecule has 2 nitrogen and oxygen atoms in total. The van der Waals surface area contributed by atoms with E-state index in [-0.39, 0.29) is 5.41 Å². The minimum Gasteiger partial charge on any atom is -0.378 e. The van der Waals surface area contributed by atoms with Crippen molar-refractivity contribution in [3.63, 3.8) is 0 Å². The molecule has 0 N–H and O–H groups in total. The van der Waals surface area contributed by atoms with Gasteiger partial charge in [-0.1, -0.05) is 65.0 Å². The van der Waals surface area contributed by atoms with Gasteiger partial charge in [0.2, 0.25) is 0 Å². The Hall–Kier alpha value is -1.83. The molecule has 0 bridgehead atoms. The molecule has 1 aromatic rings. The summed E-state index contributed by atoms with van der Waals surface area (Å²) in [6, 6.07) is 9.01. The summed E-state index contributed by atoms with van der Waals surface area (Å²) in [5, 5.41) is 0. The zero-order valence-corrected chi connectivity index (χ0v) is 16.4. The van der Waals surface area contributed by atoms with Gasteiger partial charge < -0.3 is 4.90 Å². The number of hydrogen-bond acceptors (Lipinski definition) is 2. The number of carbonyl (C=O) groups excluding carboxylic acids is 1. The molecular weight excluding hydrogens is 294 g/mol. The van der Waals surface area contributed by atoms with Crippen molar-refractivity contribution >= 4 is 11.4 Å². The molecule has 0 heterocycles. The molecule has 0 fully saturated rings. The van der Waals surface area contributed by atoms with Crippen LogP contribution >= 0.6 is 0 Å². The van der Waals surface area contributed by atoms with Crippen molar-refractivity contribution in [2.24, 2.45) is 0 Å². The Morgan fingerprint density at radius 1 is 1.04 bits per heavy atom. The number of ketones is 1. The normalized spacial score (nSPS) is 13.6. The molecular formula is C22H33NO. The number of likely N-dealkylation sites (N-methyl/N-ethyl adjacent to an activating group) is 1. The first-order chi connectivity index (χ1) is 11.2. The smallest absolute Gasteiger partial charge is 0.132 e. The van der Waals surface area contributed by atoms with Gasteiger partial charge in [-0.05, 0) is 34.6 Å². The van der Waals surface area contributed by atoms with Crippen molar-refractivity contribution in [1.82, 2.24) is 4.90 Å². The van der Waals surface area contributed by atoms with Gasteiger partial charge in [-0.15, -0.1) is 0 Å².